The Morgan fingerprint density at radius 1 is 0.533 bits per heavy atom. The van der Waals surface area contributed by atoms with Gasteiger partial charge in [-0.1, -0.05) is 170 Å². The van der Waals surface area contributed by atoms with Crippen LogP contribution < -0.4 is 0 Å². The van der Waals surface area contributed by atoms with Gasteiger partial charge in [-0.25, -0.2) is 4.57 Å². The maximum Gasteiger partial charge on any atom is 0.472 e. The number of ether oxygens (including phenoxy) is 2. The van der Waals surface area contributed by atoms with Crippen molar-refractivity contribution in [3.8, 4) is 0 Å². The Balaban J connectivity index is 4.19. The summed E-state index contributed by atoms with van der Waals surface area (Å²) < 4.78 is 33.4. The lowest BCUT2D eigenvalue weighted by atomic mass is 10.1. The fraction of sp³-hybridized carbons (Fsp3) is 0.700. The van der Waals surface area contributed by atoms with Crippen molar-refractivity contribution in [2.75, 3.05) is 33.0 Å². The normalized spacial score (nSPS) is 14.7. The van der Waals surface area contributed by atoms with Gasteiger partial charge in [0.1, 0.15) is 12.2 Å². The van der Waals surface area contributed by atoms with Gasteiger partial charge in [0.05, 0.1) is 26.4 Å². The highest BCUT2D eigenvalue weighted by atomic mass is 31.2. The number of phosphoric acid groups is 1. The monoisotopic (exact) mass is 863 g/mol. The number of phosphoric ester groups is 1. The lowest BCUT2D eigenvalue weighted by Gasteiger charge is -2.20. The van der Waals surface area contributed by atoms with Crippen LogP contribution in [0.2, 0.25) is 0 Å². The van der Waals surface area contributed by atoms with Crippen LogP contribution in [0.4, 0.5) is 0 Å². The first-order valence-electron chi connectivity index (χ1n) is 23.6. The highest BCUT2D eigenvalue weighted by molar-refractivity contribution is 7.47. The molecule has 10 heteroatoms. The first-order valence-corrected chi connectivity index (χ1v) is 25.1. The van der Waals surface area contributed by atoms with E-state index >= 15 is 0 Å². The molecule has 0 spiro atoms. The summed E-state index contributed by atoms with van der Waals surface area (Å²) in [7, 11) is -4.54. The Kier molecular flexibility index (Phi) is 44.3. The van der Waals surface area contributed by atoms with E-state index in [4.69, 9.17) is 23.6 Å². The van der Waals surface area contributed by atoms with Gasteiger partial charge in [-0.15, -0.1) is 0 Å². The third-order valence-corrected chi connectivity index (χ3v) is 10.5. The topological polar surface area (TPSA) is 132 Å². The number of hydrogen-bond donors (Lipinski definition) is 3. The van der Waals surface area contributed by atoms with Crippen LogP contribution in [0.15, 0.2) is 85.1 Å². The van der Waals surface area contributed by atoms with Crippen molar-refractivity contribution in [2.45, 2.75) is 193 Å². The quantitative estimate of drug-likeness (QED) is 0.0237. The van der Waals surface area contributed by atoms with E-state index in [2.05, 4.69) is 98.9 Å². The van der Waals surface area contributed by atoms with Crippen LogP contribution in [-0.2, 0) is 27.9 Å². The molecule has 0 radical (unpaired) electrons. The van der Waals surface area contributed by atoms with Gasteiger partial charge in [0.25, 0.3) is 0 Å². The van der Waals surface area contributed by atoms with Crippen LogP contribution in [0.5, 0.6) is 0 Å². The number of unbranched alkanes of at least 4 members (excludes halogenated alkanes) is 16. The molecule has 346 valence electrons. The zero-order chi connectivity index (χ0) is 43.9. The van der Waals surface area contributed by atoms with E-state index in [1.807, 2.05) is 0 Å². The molecule has 0 aliphatic carbocycles. The summed E-state index contributed by atoms with van der Waals surface area (Å²) in [6.07, 6.45) is 56.9. The summed E-state index contributed by atoms with van der Waals surface area (Å²) in [5.74, 6) is -0.404. The Morgan fingerprint density at radius 2 is 0.950 bits per heavy atom. The van der Waals surface area contributed by atoms with Crippen LogP contribution >= 0.6 is 7.82 Å². The second kappa shape index (κ2) is 46.2. The van der Waals surface area contributed by atoms with E-state index in [9.17, 15) is 19.4 Å². The standard InChI is InChI=1S/C50H87O9P/c1-3-5-7-9-11-13-15-17-19-21-22-23-24-25-26-27-28-30-32-34-36-38-40-42-50(53)59-49(47-58-60(54,55)57-45-48(52)44-51)46-56-43-41-39-37-35-33-31-29-20-18-16-14-12-10-8-6-4-2/h6,8,12,14-15,17-18,20-22,24-25,31,33,48-49,51-52H,3-5,7,9-11,13,16,19,23,26-30,32,34-47H2,1-2H3,(H,54,55)/b8-6-,14-12-,17-15-,20-18-,22-21-,25-24-,33-31-. The van der Waals surface area contributed by atoms with Gasteiger partial charge in [-0.3, -0.25) is 13.8 Å². The summed E-state index contributed by atoms with van der Waals surface area (Å²) in [5.41, 5.74) is 0. The van der Waals surface area contributed by atoms with Crippen molar-refractivity contribution in [3.63, 3.8) is 0 Å². The number of aliphatic hydroxyl groups excluding tert-OH is 2. The van der Waals surface area contributed by atoms with Crippen molar-refractivity contribution >= 4 is 13.8 Å². The molecule has 3 atom stereocenters. The molecule has 0 saturated carbocycles. The third kappa shape index (κ3) is 45.2. The zero-order valence-corrected chi connectivity index (χ0v) is 38.8. The summed E-state index contributed by atoms with van der Waals surface area (Å²) in [6, 6.07) is 0. The molecule has 0 aromatic heterocycles. The smallest absolute Gasteiger partial charge is 0.457 e. The molecule has 3 unspecified atom stereocenters. The highest BCUT2D eigenvalue weighted by Crippen LogP contribution is 2.43. The number of carbonyl (C=O) groups excluding carboxylic acids is 1. The molecule has 60 heavy (non-hydrogen) atoms. The maximum atomic E-state index is 12.7. The van der Waals surface area contributed by atoms with Gasteiger partial charge >= 0.3 is 13.8 Å². The summed E-state index contributed by atoms with van der Waals surface area (Å²) in [4.78, 5) is 22.6. The predicted molar refractivity (Wildman–Crippen MR) is 251 cm³/mol. The molecular weight excluding hydrogens is 776 g/mol. The van der Waals surface area contributed by atoms with Crippen molar-refractivity contribution in [2.24, 2.45) is 0 Å². The lowest BCUT2D eigenvalue weighted by Crippen LogP contribution is -2.29. The molecule has 0 amide bonds. The van der Waals surface area contributed by atoms with Gasteiger partial charge in [-0.05, 0) is 89.9 Å². The minimum atomic E-state index is -4.54. The van der Waals surface area contributed by atoms with Crippen LogP contribution in [-0.4, -0.2) is 66.3 Å². The highest BCUT2D eigenvalue weighted by Gasteiger charge is 2.26. The van der Waals surface area contributed by atoms with Crippen molar-refractivity contribution in [1.29, 1.82) is 0 Å². The minimum absolute atomic E-state index is 0.0198. The second-order valence-corrected chi connectivity index (χ2v) is 16.8. The fourth-order valence-corrected chi connectivity index (χ4v) is 6.79. The Labute approximate surface area is 366 Å². The molecule has 0 fully saturated rings. The van der Waals surface area contributed by atoms with E-state index in [0.717, 1.165) is 89.9 Å². The number of aliphatic hydroxyl groups is 2. The number of rotatable bonds is 44. The molecule has 0 aliphatic heterocycles. The minimum Gasteiger partial charge on any atom is -0.457 e. The second-order valence-electron chi connectivity index (χ2n) is 15.4. The van der Waals surface area contributed by atoms with Gasteiger partial charge < -0.3 is 24.6 Å². The van der Waals surface area contributed by atoms with Crippen LogP contribution in [0, 0.1) is 0 Å². The number of carbonyl (C=O) groups is 1. The SMILES string of the molecule is CC/C=C\C/C=C\C/C=C\C/C=C\CCCCCOCC(COP(=O)(O)OCC(O)CO)OC(=O)CCCCCCCCCC/C=C\C/C=C\C/C=C\CCCCCCC. The molecule has 0 heterocycles. The van der Waals surface area contributed by atoms with Gasteiger partial charge in [0.15, 0.2) is 0 Å². The number of hydrogen-bond acceptors (Lipinski definition) is 8. The van der Waals surface area contributed by atoms with E-state index in [0.29, 0.717) is 13.0 Å². The molecule has 0 rings (SSSR count). The molecule has 0 saturated heterocycles. The average molecular weight is 863 g/mol. The van der Waals surface area contributed by atoms with Crippen LogP contribution in [0.3, 0.4) is 0 Å². The molecule has 0 aliphatic rings. The molecule has 9 nitrogen and oxygen atoms in total. The molecule has 3 N–H and O–H groups in total. The molecule has 0 bridgehead atoms. The largest absolute Gasteiger partial charge is 0.472 e. The van der Waals surface area contributed by atoms with Crippen LogP contribution in [0.25, 0.3) is 0 Å². The average Bonchev–Trinajstić information content (AvgIpc) is 3.24. The molecular formula is C50H87O9P. The van der Waals surface area contributed by atoms with Gasteiger partial charge in [-0.2, -0.15) is 0 Å². The Bertz CT molecular complexity index is 1210. The summed E-state index contributed by atoms with van der Waals surface area (Å²) in [6.45, 7) is 3.29. The van der Waals surface area contributed by atoms with E-state index in [1.165, 1.54) is 64.2 Å². The zero-order valence-electron chi connectivity index (χ0n) is 37.9. The first-order chi connectivity index (χ1) is 29.3. The van der Waals surface area contributed by atoms with E-state index < -0.39 is 45.8 Å². The van der Waals surface area contributed by atoms with Crippen molar-refractivity contribution in [3.05, 3.63) is 85.1 Å². The van der Waals surface area contributed by atoms with Crippen molar-refractivity contribution in [1.82, 2.24) is 0 Å². The number of allylic oxidation sites excluding steroid dienone is 14. The first kappa shape index (κ1) is 57.6. The Hall–Kier alpha value is -2.36. The van der Waals surface area contributed by atoms with Crippen molar-refractivity contribution < 1.29 is 43.0 Å². The van der Waals surface area contributed by atoms with E-state index in [1.54, 1.807) is 0 Å². The summed E-state index contributed by atoms with van der Waals surface area (Å²) in [5, 5.41) is 18.4. The lowest BCUT2D eigenvalue weighted by molar-refractivity contribution is -0.154. The number of esters is 1. The predicted octanol–water partition coefficient (Wildman–Crippen LogP) is 13.5. The summed E-state index contributed by atoms with van der Waals surface area (Å²) >= 11 is 0. The third-order valence-electron chi connectivity index (χ3n) is 9.56. The van der Waals surface area contributed by atoms with Gasteiger partial charge in [0, 0.05) is 13.0 Å². The molecule has 0 aromatic carbocycles. The molecule has 0 aromatic rings. The Morgan fingerprint density at radius 3 is 1.43 bits per heavy atom. The fourth-order valence-electron chi connectivity index (χ4n) is 6.00. The van der Waals surface area contributed by atoms with Gasteiger partial charge in [0.2, 0.25) is 0 Å². The maximum absolute atomic E-state index is 12.7. The van der Waals surface area contributed by atoms with Crippen LogP contribution in [0.1, 0.15) is 181 Å². The van der Waals surface area contributed by atoms with E-state index in [-0.39, 0.29) is 13.0 Å².